The number of rotatable bonds is 5. The summed E-state index contributed by atoms with van der Waals surface area (Å²) in [5.74, 6) is 0.872. The van der Waals surface area contributed by atoms with E-state index < -0.39 is 0 Å². The largest absolute Gasteiger partial charge is 0.490 e. The third-order valence-corrected chi connectivity index (χ3v) is 3.47. The zero-order valence-electron chi connectivity index (χ0n) is 11.6. The van der Waals surface area contributed by atoms with Crippen molar-refractivity contribution in [3.05, 3.63) is 29.8 Å². The number of piperidine rings is 1. The molecular weight excluding hydrogens is 236 g/mol. The zero-order valence-corrected chi connectivity index (χ0v) is 11.6. The van der Waals surface area contributed by atoms with Crippen LogP contribution in [0.25, 0.3) is 0 Å². The molecular formula is C16H22N2O. The Morgan fingerprint density at radius 3 is 2.84 bits per heavy atom. The van der Waals surface area contributed by atoms with E-state index in [9.17, 15) is 0 Å². The number of likely N-dealkylation sites (tertiary alicyclic amines) is 1. The molecule has 1 fully saturated rings. The van der Waals surface area contributed by atoms with Crippen molar-refractivity contribution in [3.63, 3.8) is 0 Å². The van der Waals surface area contributed by atoms with Crippen molar-refractivity contribution in [2.24, 2.45) is 0 Å². The van der Waals surface area contributed by atoms with Gasteiger partial charge in [-0.15, -0.1) is 0 Å². The second-order valence-corrected chi connectivity index (χ2v) is 5.27. The van der Waals surface area contributed by atoms with E-state index in [4.69, 9.17) is 10.00 Å². The molecule has 102 valence electrons. The van der Waals surface area contributed by atoms with E-state index in [0.717, 1.165) is 12.3 Å². The molecule has 0 aromatic heterocycles. The lowest BCUT2D eigenvalue weighted by Gasteiger charge is -2.26. The molecule has 1 atom stereocenters. The van der Waals surface area contributed by atoms with Crippen molar-refractivity contribution in [2.45, 2.75) is 45.3 Å². The van der Waals surface area contributed by atoms with E-state index in [2.05, 4.69) is 23.1 Å². The molecule has 0 radical (unpaired) electrons. The maximum absolute atomic E-state index is 8.65. The maximum atomic E-state index is 8.65. The fraction of sp³-hybridized carbons (Fsp3) is 0.562. The molecule has 3 heteroatoms. The van der Waals surface area contributed by atoms with Gasteiger partial charge in [0.15, 0.2) is 0 Å². The highest BCUT2D eigenvalue weighted by Crippen LogP contribution is 2.18. The second-order valence-electron chi connectivity index (χ2n) is 5.27. The molecule has 0 bridgehead atoms. The minimum atomic E-state index is -0.0461. The van der Waals surface area contributed by atoms with Crippen LogP contribution >= 0.6 is 0 Å². The molecule has 1 unspecified atom stereocenters. The Labute approximate surface area is 115 Å². The van der Waals surface area contributed by atoms with Crippen LogP contribution in [-0.2, 0) is 6.54 Å². The molecule has 2 rings (SSSR count). The Morgan fingerprint density at radius 1 is 1.32 bits per heavy atom. The van der Waals surface area contributed by atoms with E-state index in [0.29, 0.717) is 6.42 Å². The SMILES string of the molecule is CC(CC#N)Oc1cccc(CN2CCCCC2)c1. The molecule has 0 amide bonds. The maximum Gasteiger partial charge on any atom is 0.120 e. The first-order chi connectivity index (χ1) is 9.28. The van der Waals surface area contributed by atoms with Crippen molar-refractivity contribution < 1.29 is 4.74 Å². The lowest BCUT2D eigenvalue weighted by atomic mass is 10.1. The van der Waals surface area contributed by atoms with Gasteiger partial charge < -0.3 is 4.74 Å². The molecule has 1 aromatic rings. The fourth-order valence-electron chi connectivity index (χ4n) is 2.50. The number of ether oxygens (including phenoxy) is 1. The minimum Gasteiger partial charge on any atom is -0.490 e. The first-order valence-electron chi connectivity index (χ1n) is 7.13. The van der Waals surface area contributed by atoms with E-state index in [-0.39, 0.29) is 6.10 Å². The summed E-state index contributed by atoms with van der Waals surface area (Å²) in [6.07, 6.45) is 4.38. The summed E-state index contributed by atoms with van der Waals surface area (Å²) in [7, 11) is 0. The Hall–Kier alpha value is -1.53. The Bertz CT molecular complexity index is 433. The molecule has 0 aliphatic carbocycles. The van der Waals surface area contributed by atoms with Gasteiger partial charge in [-0.3, -0.25) is 4.90 Å². The Balaban J connectivity index is 1.92. The number of hydrogen-bond donors (Lipinski definition) is 0. The molecule has 19 heavy (non-hydrogen) atoms. The molecule has 1 aromatic carbocycles. The summed E-state index contributed by atoms with van der Waals surface area (Å²) in [4.78, 5) is 2.50. The van der Waals surface area contributed by atoms with E-state index in [1.807, 2.05) is 19.1 Å². The predicted octanol–water partition coefficient (Wildman–Crippen LogP) is 3.35. The van der Waals surface area contributed by atoms with E-state index in [1.165, 1.54) is 37.9 Å². The number of hydrogen-bond acceptors (Lipinski definition) is 3. The van der Waals surface area contributed by atoms with Crippen molar-refractivity contribution in [1.82, 2.24) is 4.90 Å². The lowest BCUT2D eigenvalue weighted by Crippen LogP contribution is -2.29. The van der Waals surface area contributed by atoms with E-state index in [1.54, 1.807) is 0 Å². The highest BCUT2D eigenvalue weighted by atomic mass is 16.5. The number of nitriles is 1. The van der Waals surface area contributed by atoms with Crippen molar-refractivity contribution in [2.75, 3.05) is 13.1 Å². The molecule has 1 aliphatic heterocycles. The summed E-state index contributed by atoms with van der Waals surface area (Å²) in [6.45, 7) is 5.34. The van der Waals surface area contributed by atoms with Crippen molar-refractivity contribution >= 4 is 0 Å². The van der Waals surface area contributed by atoms with Gasteiger partial charge >= 0.3 is 0 Å². The van der Waals surface area contributed by atoms with Crippen LogP contribution in [0.3, 0.4) is 0 Å². The summed E-state index contributed by atoms with van der Waals surface area (Å²) in [5.41, 5.74) is 1.29. The monoisotopic (exact) mass is 258 g/mol. The first-order valence-corrected chi connectivity index (χ1v) is 7.13. The van der Waals surface area contributed by atoms with Crippen molar-refractivity contribution in [3.8, 4) is 11.8 Å². The molecule has 1 heterocycles. The standard InChI is InChI=1S/C16H22N2O/c1-14(8-9-17)19-16-7-5-6-15(12-16)13-18-10-3-2-4-11-18/h5-7,12,14H,2-4,8,10-11,13H2,1H3. The number of benzene rings is 1. The summed E-state index contributed by atoms with van der Waals surface area (Å²) >= 11 is 0. The quantitative estimate of drug-likeness (QED) is 0.812. The van der Waals surface area contributed by atoms with Crippen LogP contribution in [0.4, 0.5) is 0 Å². The average Bonchev–Trinajstić information content (AvgIpc) is 2.40. The van der Waals surface area contributed by atoms with Crippen LogP contribution in [0.5, 0.6) is 5.75 Å². The van der Waals surface area contributed by atoms with Gasteiger partial charge in [-0.2, -0.15) is 5.26 Å². The van der Waals surface area contributed by atoms with Gasteiger partial charge in [-0.25, -0.2) is 0 Å². The van der Waals surface area contributed by atoms with Crippen LogP contribution in [0.15, 0.2) is 24.3 Å². The van der Waals surface area contributed by atoms with Gasteiger partial charge in [0.1, 0.15) is 11.9 Å². The topological polar surface area (TPSA) is 36.3 Å². The molecule has 1 saturated heterocycles. The third kappa shape index (κ3) is 4.57. The summed E-state index contributed by atoms with van der Waals surface area (Å²) in [5, 5.41) is 8.65. The smallest absolute Gasteiger partial charge is 0.120 e. The molecule has 0 spiro atoms. The van der Waals surface area contributed by atoms with Gasteiger partial charge in [-0.05, 0) is 50.6 Å². The fourth-order valence-corrected chi connectivity index (χ4v) is 2.50. The highest BCUT2D eigenvalue weighted by Gasteiger charge is 2.11. The zero-order chi connectivity index (χ0) is 13.5. The minimum absolute atomic E-state index is 0.0461. The van der Waals surface area contributed by atoms with Crippen LogP contribution < -0.4 is 4.74 Å². The van der Waals surface area contributed by atoms with Gasteiger partial charge in [0, 0.05) is 6.54 Å². The Kier molecular flexibility index (Phi) is 5.23. The molecule has 0 saturated carbocycles. The van der Waals surface area contributed by atoms with Gasteiger partial charge in [-0.1, -0.05) is 18.6 Å². The molecule has 3 nitrogen and oxygen atoms in total. The first kappa shape index (κ1) is 13.9. The lowest BCUT2D eigenvalue weighted by molar-refractivity contribution is 0.217. The summed E-state index contributed by atoms with van der Waals surface area (Å²) in [6, 6.07) is 10.4. The van der Waals surface area contributed by atoms with Crippen LogP contribution in [0, 0.1) is 11.3 Å². The summed E-state index contributed by atoms with van der Waals surface area (Å²) < 4.78 is 5.74. The molecule has 1 aliphatic rings. The van der Waals surface area contributed by atoms with Crippen LogP contribution in [0.1, 0.15) is 38.2 Å². The number of nitrogens with zero attached hydrogens (tertiary/aromatic N) is 2. The Morgan fingerprint density at radius 2 is 2.11 bits per heavy atom. The highest BCUT2D eigenvalue weighted by molar-refractivity contribution is 5.28. The van der Waals surface area contributed by atoms with Crippen molar-refractivity contribution in [1.29, 1.82) is 5.26 Å². The van der Waals surface area contributed by atoms with E-state index >= 15 is 0 Å². The molecule has 0 N–H and O–H groups in total. The van der Waals surface area contributed by atoms with Crippen LogP contribution in [-0.4, -0.2) is 24.1 Å². The normalized spacial score (nSPS) is 17.7. The third-order valence-electron chi connectivity index (χ3n) is 3.47. The predicted molar refractivity (Wildman–Crippen MR) is 75.9 cm³/mol. The van der Waals surface area contributed by atoms with Gasteiger partial charge in [0.05, 0.1) is 12.5 Å². The van der Waals surface area contributed by atoms with Gasteiger partial charge in [0.2, 0.25) is 0 Å². The average molecular weight is 258 g/mol. The second kappa shape index (κ2) is 7.16. The van der Waals surface area contributed by atoms with Crippen LogP contribution in [0.2, 0.25) is 0 Å². The van der Waals surface area contributed by atoms with Gasteiger partial charge in [0.25, 0.3) is 0 Å².